The molecule has 0 saturated carbocycles. The van der Waals surface area contributed by atoms with Gasteiger partial charge in [-0.3, -0.25) is 0 Å². The quantitative estimate of drug-likeness (QED) is 0.737. The molecule has 0 fully saturated rings. The van der Waals surface area contributed by atoms with Crippen LogP contribution in [0.2, 0.25) is 0 Å². The molecule has 0 amide bonds. The molecule has 0 atom stereocenters. The first-order valence-electron chi connectivity index (χ1n) is 6.49. The summed E-state index contributed by atoms with van der Waals surface area (Å²) in [5.74, 6) is -0.506. The molecule has 0 aliphatic rings. The predicted octanol–water partition coefficient (Wildman–Crippen LogP) is 3.19. The van der Waals surface area contributed by atoms with E-state index in [1.165, 1.54) is 36.4 Å². The molecule has 3 aromatic rings. The molecular formula is C16H9FN2O3S. The van der Waals surface area contributed by atoms with Gasteiger partial charge in [0.15, 0.2) is 5.69 Å². The molecule has 0 aliphatic heterocycles. The van der Waals surface area contributed by atoms with Crippen LogP contribution in [0.1, 0.15) is 5.69 Å². The molecule has 0 spiro atoms. The molecule has 23 heavy (non-hydrogen) atoms. The van der Waals surface area contributed by atoms with E-state index in [9.17, 15) is 12.8 Å². The Bertz CT molecular complexity index is 988. The topological polar surface area (TPSA) is 84.0 Å². The second-order valence-corrected chi connectivity index (χ2v) is 6.44. The molecule has 0 aliphatic carbocycles. The fraction of sp³-hybridized carbons (Fsp3) is 0. The van der Waals surface area contributed by atoms with Gasteiger partial charge in [-0.25, -0.2) is 12.8 Å². The molecule has 2 aromatic carbocycles. The van der Waals surface area contributed by atoms with Gasteiger partial charge in [0.2, 0.25) is 15.7 Å². The summed E-state index contributed by atoms with van der Waals surface area (Å²) in [5.41, 5.74) is 0.0330. The first-order chi connectivity index (χ1) is 11.0. The molecule has 1 aromatic heterocycles. The van der Waals surface area contributed by atoms with E-state index in [-0.39, 0.29) is 16.5 Å². The predicted molar refractivity (Wildman–Crippen MR) is 78.5 cm³/mol. The van der Waals surface area contributed by atoms with Crippen LogP contribution in [0.4, 0.5) is 4.39 Å². The standard InChI is InChI=1S/C16H9FN2O3S/c17-12-8-6-11(7-9-12)15-19-14(10-18)16(22-15)23(20,21)13-4-2-1-3-5-13/h1-9H. The highest BCUT2D eigenvalue weighted by molar-refractivity contribution is 7.91. The van der Waals surface area contributed by atoms with E-state index in [1.807, 2.05) is 0 Å². The Morgan fingerprint density at radius 3 is 2.30 bits per heavy atom. The van der Waals surface area contributed by atoms with Gasteiger partial charge in [-0.1, -0.05) is 18.2 Å². The average molecular weight is 328 g/mol. The Morgan fingerprint density at radius 2 is 1.70 bits per heavy atom. The van der Waals surface area contributed by atoms with Crippen LogP contribution in [-0.4, -0.2) is 13.4 Å². The van der Waals surface area contributed by atoms with Crippen molar-refractivity contribution in [1.82, 2.24) is 4.98 Å². The molecule has 3 rings (SSSR count). The molecule has 0 N–H and O–H groups in total. The summed E-state index contributed by atoms with van der Waals surface area (Å²) in [7, 11) is -4.00. The van der Waals surface area contributed by atoms with Gasteiger partial charge < -0.3 is 4.42 Å². The van der Waals surface area contributed by atoms with Crippen molar-refractivity contribution < 1.29 is 17.2 Å². The fourth-order valence-corrected chi connectivity index (χ4v) is 3.25. The Labute approximate surface area is 131 Å². The van der Waals surface area contributed by atoms with Crippen LogP contribution < -0.4 is 0 Å². The summed E-state index contributed by atoms with van der Waals surface area (Å²) in [4.78, 5) is 3.89. The average Bonchev–Trinajstić information content (AvgIpc) is 3.01. The van der Waals surface area contributed by atoms with E-state index in [0.717, 1.165) is 0 Å². The van der Waals surface area contributed by atoms with Crippen LogP contribution in [0.5, 0.6) is 0 Å². The van der Waals surface area contributed by atoms with E-state index in [4.69, 9.17) is 9.68 Å². The lowest BCUT2D eigenvalue weighted by Crippen LogP contribution is -2.02. The Hall–Kier alpha value is -2.98. The lowest BCUT2D eigenvalue weighted by atomic mass is 10.2. The van der Waals surface area contributed by atoms with Gasteiger partial charge in [-0.2, -0.15) is 10.2 Å². The Kier molecular flexibility index (Phi) is 3.68. The Balaban J connectivity index is 2.14. The zero-order chi connectivity index (χ0) is 16.4. The Morgan fingerprint density at radius 1 is 1.04 bits per heavy atom. The van der Waals surface area contributed by atoms with Crippen molar-refractivity contribution in [3.05, 3.63) is 66.1 Å². The number of halogens is 1. The van der Waals surface area contributed by atoms with Crippen molar-refractivity contribution in [2.75, 3.05) is 0 Å². The molecule has 0 saturated heterocycles. The molecule has 5 nitrogen and oxygen atoms in total. The maximum atomic E-state index is 13.0. The number of hydrogen-bond donors (Lipinski definition) is 0. The summed E-state index contributed by atoms with van der Waals surface area (Å²) in [6.45, 7) is 0. The van der Waals surface area contributed by atoms with Crippen LogP contribution >= 0.6 is 0 Å². The molecule has 1 heterocycles. The molecule has 0 radical (unpaired) electrons. The number of nitriles is 1. The zero-order valence-corrected chi connectivity index (χ0v) is 12.4. The molecule has 0 unspecified atom stereocenters. The number of rotatable bonds is 3. The number of oxazole rings is 1. The smallest absolute Gasteiger partial charge is 0.261 e. The number of sulfone groups is 1. The van der Waals surface area contributed by atoms with E-state index >= 15 is 0 Å². The minimum absolute atomic E-state index is 0.00157. The second-order valence-electron chi connectivity index (χ2n) is 4.59. The normalized spacial score (nSPS) is 11.1. The van der Waals surface area contributed by atoms with Crippen molar-refractivity contribution in [2.45, 2.75) is 9.99 Å². The van der Waals surface area contributed by atoms with Crippen LogP contribution in [0.25, 0.3) is 11.5 Å². The maximum absolute atomic E-state index is 13.0. The van der Waals surface area contributed by atoms with Crippen molar-refractivity contribution in [3.63, 3.8) is 0 Å². The van der Waals surface area contributed by atoms with Gasteiger partial charge in [0.05, 0.1) is 4.90 Å². The van der Waals surface area contributed by atoms with Crippen molar-refractivity contribution in [1.29, 1.82) is 5.26 Å². The van der Waals surface area contributed by atoms with E-state index in [2.05, 4.69) is 4.98 Å². The molecule has 7 heteroatoms. The highest BCUT2D eigenvalue weighted by Crippen LogP contribution is 2.29. The van der Waals surface area contributed by atoms with Gasteiger partial charge in [0.1, 0.15) is 11.9 Å². The third-order valence-corrected chi connectivity index (χ3v) is 4.75. The molecule has 114 valence electrons. The highest BCUT2D eigenvalue weighted by atomic mass is 32.2. The first kappa shape index (κ1) is 14.9. The van der Waals surface area contributed by atoms with Gasteiger partial charge in [0, 0.05) is 5.56 Å². The highest BCUT2D eigenvalue weighted by Gasteiger charge is 2.28. The maximum Gasteiger partial charge on any atom is 0.261 e. The zero-order valence-electron chi connectivity index (χ0n) is 11.6. The van der Waals surface area contributed by atoms with Crippen molar-refractivity contribution in [2.24, 2.45) is 0 Å². The van der Waals surface area contributed by atoms with Gasteiger partial charge in [-0.05, 0) is 36.4 Å². The van der Waals surface area contributed by atoms with E-state index in [0.29, 0.717) is 5.56 Å². The fourth-order valence-electron chi connectivity index (χ4n) is 1.98. The minimum Gasteiger partial charge on any atom is -0.423 e. The van der Waals surface area contributed by atoms with Crippen molar-refractivity contribution in [3.8, 4) is 17.5 Å². The number of hydrogen-bond acceptors (Lipinski definition) is 5. The summed E-state index contributed by atoms with van der Waals surface area (Å²) in [6.07, 6.45) is 0. The lowest BCUT2D eigenvalue weighted by Gasteiger charge is -2.00. The summed E-state index contributed by atoms with van der Waals surface area (Å²) < 4.78 is 43.4. The van der Waals surface area contributed by atoms with Crippen molar-refractivity contribution >= 4 is 9.84 Å². The van der Waals surface area contributed by atoms with E-state index < -0.39 is 20.7 Å². The number of benzene rings is 2. The summed E-state index contributed by atoms with van der Waals surface area (Å²) in [5, 5.41) is 8.61. The summed E-state index contributed by atoms with van der Waals surface area (Å²) in [6, 6.07) is 14.5. The van der Waals surface area contributed by atoms with Crippen LogP contribution in [0.15, 0.2) is 69.0 Å². The monoisotopic (exact) mass is 328 g/mol. The number of aromatic nitrogens is 1. The van der Waals surface area contributed by atoms with E-state index in [1.54, 1.807) is 24.3 Å². The number of nitrogens with zero attached hydrogens (tertiary/aromatic N) is 2. The van der Waals surface area contributed by atoms with Gasteiger partial charge in [0.25, 0.3) is 5.09 Å². The second kappa shape index (κ2) is 5.66. The van der Waals surface area contributed by atoms with Crippen LogP contribution in [0, 0.1) is 17.1 Å². The van der Waals surface area contributed by atoms with Crippen LogP contribution in [-0.2, 0) is 9.84 Å². The molecule has 0 bridgehead atoms. The van der Waals surface area contributed by atoms with Crippen LogP contribution in [0.3, 0.4) is 0 Å². The minimum atomic E-state index is -4.00. The molecular weight excluding hydrogens is 319 g/mol. The van der Waals surface area contributed by atoms with Gasteiger partial charge in [-0.15, -0.1) is 0 Å². The lowest BCUT2D eigenvalue weighted by molar-refractivity contribution is 0.457. The SMILES string of the molecule is N#Cc1nc(-c2ccc(F)cc2)oc1S(=O)(=O)c1ccccc1. The largest absolute Gasteiger partial charge is 0.423 e. The summed E-state index contributed by atoms with van der Waals surface area (Å²) >= 11 is 0. The van der Waals surface area contributed by atoms with Gasteiger partial charge >= 0.3 is 0 Å². The first-order valence-corrected chi connectivity index (χ1v) is 7.97. The third kappa shape index (κ3) is 2.72. The third-order valence-electron chi connectivity index (χ3n) is 3.09.